The highest BCUT2D eigenvalue weighted by Gasteiger charge is 2.24. The van der Waals surface area contributed by atoms with E-state index in [1.54, 1.807) is 24.3 Å². The highest BCUT2D eigenvalue weighted by Crippen LogP contribution is 2.20. The summed E-state index contributed by atoms with van der Waals surface area (Å²) < 4.78 is 0. The van der Waals surface area contributed by atoms with E-state index in [0.717, 1.165) is 38.8 Å². The summed E-state index contributed by atoms with van der Waals surface area (Å²) in [6, 6.07) is 9.29. The van der Waals surface area contributed by atoms with Crippen LogP contribution in [0.15, 0.2) is 41.1 Å². The molecule has 0 atom stereocenters. The molecular formula is C22H26N4O3S. The molecule has 30 heavy (non-hydrogen) atoms. The van der Waals surface area contributed by atoms with E-state index in [0.29, 0.717) is 29.4 Å². The maximum Gasteiger partial charge on any atom is 0.252 e. The molecule has 3 amide bonds. The largest absolute Gasteiger partial charge is 0.349 e. The molecule has 1 aromatic carbocycles. The van der Waals surface area contributed by atoms with E-state index in [1.807, 2.05) is 16.8 Å². The molecule has 1 aromatic heterocycles. The van der Waals surface area contributed by atoms with Crippen LogP contribution in [0.2, 0.25) is 0 Å². The number of nitrogens with one attached hydrogen (secondary N) is 3. The highest BCUT2D eigenvalue weighted by atomic mass is 32.1. The van der Waals surface area contributed by atoms with Crippen LogP contribution in [-0.2, 0) is 4.79 Å². The molecule has 2 heterocycles. The Balaban J connectivity index is 1.21. The van der Waals surface area contributed by atoms with Crippen molar-refractivity contribution in [2.24, 2.45) is 0 Å². The Kier molecular flexibility index (Phi) is 6.44. The van der Waals surface area contributed by atoms with E-state index in [1.165, 1.54) is 11.3 Å². The molecule has 0 bridgehead atoms. The smallest absolute Gasteiger partial charge is 0.252 e. The predicted octanol–water partition coefficient (Wildman–Crippen LogP) is 2.47. The molecule has 0 spiro atoms. The zero-order valence-electron chi connectivity index (χ0n) is 16.7. The minimum absolute atomic E-state index is 0.0296. The molecule has 1 saturated heterocycles. The lowest BCUT2D eigenvalue weighted by Gasteiger charge is -2.31. The number of hydrogen-bond donors (Lipinski definition) is 3. The molecule has 2 aromatic rings. The second kappa shape index (κ2) is 9.40. The van der Waals surface area contributed by atoms with E-state index in [2.05, 4.69) is 20.9 Å². The van der Waals surface area contributed by atoms with Gasteiger partial charge in [0, 0.05) is 47.4 Å². The van der Waals surface area contributed by atoms with Crippen molar-refractivity contribution in [3.8, 4) is 0 Å². The van der Waals surface area contributed by atoms with Gasteiger partial charge in [-0.05, 0) is 55.3 Å². The molecule has 1 aliphatic heterocycles. The van der Waals surface area contributed by atoms with Gasteiger partial charge in [0.15, 0.2) is 0 Å². The Morgan fingerprint density at radius 1 is 0.933 bits per heavy atom. The zero-order chi connectivity index (χ0) is 20.9. The van der Waals surface area contributed by atoms with Crippen LogP contribution in [0.5, 0.6) is 0 Å². The fraction of sp³-hybridized carbons (Fsp3) is 0.409. The lowest BCUT2D eigenvalue weighted by atomic mass is 10.0. The maximum absolute atomic E-state index is 12.4. The molecule has 2 aliphatic rings. The number of likely N-dealkylation sites (tertiary alicyclic amines) is 1. The van der Waals surface area contributed by atoms with Crippen LogP contribution < -0.4 is 16.0 Å². The number of nitrogens with zero attached hydrogens (tertiary/aromatic N) is 1. The van der Waals surface area contributed by atoms with Crippen LogP contribution in [0.3, 0.4) is 0 Å². The Morgan fingerprint density at radius 3 is 2.30 bits per heavy atom. The molecule has 1 saturated carbocycles. The van der Waals surface area contributed by atoms with Crippen molar-refractivity contribution in [3.63, 3.8) is 0 Å². The third-order valence-corrected chi connectivity index (χ3v) is 6.08. The topological polar surface area (TPSA) is 90.5 Å². The van der Waals surface area contributed by atoms with Crippen molar-refractivity contribution in [1.29, 1.82) is 0 Å². The SMILES string of the molecule is O=C(CN1CCC(NC(=O)c2ccsc2)CC1)Nc1cccc(C(=O)NC2CC2)c1. The Hall–Kier alpha value is -2.71. The second-order valence-corrected chi connectivity index (χ2v) is 8.69. The van der Waals surface area contributed by atoms with Crippen molar-refractivity contribution in [2.75, 3.05) is 25.0 Å². The number of benzene rings is 1. The lowest BCUT2D eigenvalue weighted by molar-refractivity contribution is -0.117. The van der Waals surface area contributed by atoms with Crippen LogP contribution in [0.1, 0.15) is 46.4 Å². The number of anilines is 1. The van der Waals surface area contributed by atoms with Gasteiger partial charge in [0.25, 0.3) is 11.8 Å². The van der Waals surface area contributed by atoms with Gasteiger partial charge in [-0.15, -0.1) is 0 Å². The molecule has 4 rings (SSSR count). The standard InChI is InChI=1S/C22H26N4O3S/c27-20(23-19-3-1-2-15(12-19)21(28)24-17-4-5-17)13-26-9-6-18(7-10-26)25-22(29)16-8-11-30-14-16/h1-3,8,11-12,14,17-18H,4-7,9-10,13H2,(H,23,27)(H,24,28)(H,25,29). The molecular weight excluding hydrogens is 400 g/mol. The average molecular weight is 427 g/mol. The van der Waals surface area contributed by atoms with Crippen LogP contribution in [0.25, 0.3) is 0 Å². The van der Waals surface area contributed by atoms with E-state index >= 15 is 0 Å². The molecule has 0 unspecified atom stereocenters. The van der Waals surface area contributed by atoms with E-state index < -0.39 is 0 Å². The van der Waals surface area contributed by atoms with Gasteiger partial charge >= 0.3 is 0 Å². The van der Waals surface area contributed by atoms with Gasteiger partial charge < -0.3 is 16.0 Å². The number of amides is 3. The fourth-order valence-corrected chi connectivity index (χ4v) is 4.17. The van der Waals surface area contributed by atoms with Crippen LogP contribution in [0, 0.1) is 0 Å². The second-order valence-electron chi connectivity index (χ2n) is 7.91. The lowest BCUT2D eigenvalue weighted by Crippen LogP contribution is -2.46. The number of hydrogen-bond acceptors (Lipinski definition) is 5. The number of rotatable bonds is 7. The van der Waals surface area contributed by atoms with Gasteiger partial charge in [-0.25, -0.2) is 0 Å². The van der Waals surface area contributed by atoms with Crippen molar-refractivity contribution in [1.82, 2.24) is 15.5 Å². The predicted molar refractivity (Wildman–Crippen MR) is 117 cm³/mol. The number of thiophene rings is 1. The van der Waals surface area contributed by atoms with E-state index in [-0.39, 0.29) is 23.8 Å². The van der Waals surface area contributed by atoms with Crippen LogP contribution >= 0.6 is 11.3 Å². The molecule has 7 nitrogen and oxygen atoms in total. The summed E-state index contributed by atoms with van der Waals surface area (Å²) in [5.41, 5.74) is 1.89. The Morgan fingerprint density at radius 2 is 1.63 bits per heavy atom. The van der Waals surface area contributed by atoms with Crippen LogP contribution in [-0.4, -0.2) is 54.3 Å². The number of carbonyl (C=O) groups excluding carboxylic acids is 3. The van der Waals surface area contributed by atoms with Gasteiger partial charge in [0.05, 0.1) is 6.54 Å². The summed E-state index contributed by atoms with van der Waals surface area (Å²) in [6.45, 7) is 1.81. The molecule has 3 N–H and O–H groups in total. The number of carbonyl (C=O) groups is 3. The van der Waals surface area contributed by atoms with Crippen molar-refractivity contribution >= 4 is 34.7 Å². The van der Waals surface area contributed by atoms with E-state index in [9.17, 15) is 14.4 Å². The number of piperidine rings is 1. The highest BCUT2D eigenvalue weighted by molar-refractivity contribution is 7.08. The minimum atomic E-state index is -0.101. The molecule has 1 aliphatic carbocycles. The summed E-state index contributed by atoms with van der Waals surface area (Å²) in [6.07, 6.45) is 3.72. The first-order valence-electron chi connectivity index (χ1n) is 10.3. The summed E-state index contributed by atoms with van der Waals surface area (Å²) in [5, 5.41) is 12.7. The van der Waals surface area contributed by atoms with Gasteiger partial charge in [-0.2, -0.15) is 11.3 Å². The van der Waals surface area contributed by atoms with Crippen molar-refractivity contribution < 1.29 is 14.4 Å². The van der Waals surface area contributed by atoms with Gasteiger partial charge in [0.2, 0.25) is 5.91 Å². The Bertz CT molecular complexity index is 903. The quantitative estimate of drug-likeness (QED) is 0.634. The fourth-order valence-electron chi connectivity index (χ4n) is 3.54. The summed E-state index contributed by atoms with van der Waals surface area (Å²) >= 11 is 1.51. The average Bonchev–Trinajstić information content (AvgIpc) is 3.37. The first-order valence-corrected chi connectivity index (χ1v) is 11.3. The normalized spacial score (nSPS) is 17.3. The van der Waals surface area contributed by atoms with E-state index in [4.69, 9.17) is 0 Å². The maximum atomic E-state index is 12.4. The van der Waals surface area contributed by atoms with Crippen molar-refractivity contribution in [2.45, 2.75) is 37.8 Å². The third kappa shape index (κ3) is 5.67. The van der Waals surface area contributed by atoms with Gasteiger partial charge in [-0.3, -0.25) is 19.3 Å². The molecule has 8 heteroatoms. The molecule has 0 radical (unpaired) electrons. The monoisotopic (exact) mass is 426 g/mol. The molecule has 158 valence electrons. The zero-order valence-corrected chi connectivity index (χ0v) is 17.5. The summed E-state index contributed by atoms with van der Waals surface area (Å²) in [5.74, 6) is -0.228. The summed E-state index contributed by atoms with van der Waals surface area (Å²) in [4.78, 5) is 38.9. The van der Waals surface area contributed by atoms with Crippen LogP contribution in [0.4, 0.5) is 5.69 Å². The summed E-state index contributed by atoms with van der Waals surface area (Å²) in [7, 11) is 0. The first kappa shape index (κ1) is 20.6. The molecule has 2 fully saturated rings. The minimum Gasteiger partial charge on any atom is -0.349 e. The van der Waals surface area contributed by atoms with Gasteiger partial charge in [-0.1, -0.05) is 6.07 Å². The first-order chi connectivity index (χ1) is 14.6. The Labute approximate surface area is 179 Å². The van der Waals surface area contributed by atoms with Gasteiger partial charge in [0.1, 0.15) is 0 Å². The third-order valence-electron chi connectivity index (χ3n) is 5.39. The van der Waals surface area contributed by atoms with Crippen molar-refractivity contribution in [3.05, 3.63) is 52.2 Å².